The van der Waals surface area contributed by atoms with Gasteiger partial charge in [-0.1, -0.05) is 24.4 Å². The van der Waals surface area contributed by atoms with Crippen LogP contribution in [0.2, 0.25) is 0 Å². The molecule has 0 saturated carbocycles. The Balaban J connectivity index is 2.02. The summed E-state index contributed by atoms with van der Waals surface area (Å²) in [5, 5.41) is 19.6. The van der Waals surface area contributed by atoms with Crippen LogP contribution in [0.4, 0.5) is 13.2 Å². The summed E-state index contributed by atoms with van der Waals surface area (Å²) in [6.07, 6.45) is -0.0252. The van der Waals surface area contributed by atoms with Crippen molar-refractivity contribution >= 4 is 40.9 Å². The third-order valence-electron chi connectivity index (χ3n) is 4.03. The first-order valence-corrected chi connectivity index (χ1v) is 10.8. The molecule has 1 aromatic carbocycles. The van der Waals surface area contributed by atoms with E-state index in [9.17, 15) is 18.0 Å². The fourth-order valence-corrected chi connectivity index (χ4v) is 4.30. The highest BCUT2D eigenvalue weighted by molar-refractivity contribution is 7.98. The molecule has 0 spiro atoms. The number of benzene rings is 1. The van der Waals surface area contributed by atoms with Gasteiger partial charge in [-0.15, -0.1) is 21.5 Å². The highest BCUT2D eigenvalue weighted by atomic mass is 32.2. The quantitative estimate of drug-likeness (QED) is 0.346. The summed E-state index contributed by atoms with van der Waals surface area (Å²) in [5.74, 6) is -0.517. The fraction of sp³-hybridized carbons (Fsp3) is 0.150. The Morgan fingerprint density at radius 3 is 2.81 bits per heavy atom. The van der Waals surface area contributed by atoms with Crippen molar-refractivity contribution in [1.29, 1.82) is 0 Å². The highest BCUT2D eigenvalue weighted by Crippen LogP contribution is 2.33. The molecule has 0 aliphatic heterocycles. The number of aromatic carboxylic acids is 1. The molecular weight excluding hydrogens is 463 g/mol. The molecular formula is C20H16F3N5O2S2. The lowest BCUT2D eigenvalue weighted by molar-refractivity contribution is -0.137. The van der Waals surface area contributed by atoms with E-state index in [1.165, 1.54) is 57.6 Å². The van der Waals surface area contributed by atoms with Crippen molar-refractivity contribution in [2.24, 2.45) is 4.99 Å². The fourth-order valence-electron chi connectivity index (χ4n) is 2.56. The lowest BCUT2D eigenvalue weighted by Crippen LogP contribution is -2.08. The van der Waals surface area contributed by atoms with Crippen LogP contribution in [0, 0.1) is 0 Å². The van der Waals surface area contributed by atoms with Gasteiger partial charge in [0.05, 0.1) is 17.0 Å². The summed E-state index contributed by atoms with van der Waals surface area (Å²) in [6, 6.07) is 4.86. The van der Waals surface area contributed by atoms with E-state index in [2.05, 4.69) is 26.8 Å². The van der Waals surface area contributed by atoms with E-state index in [0.717, 1.165) is 12.1 Å². The van der Waals surface area contributed by atoms with Crippen LogP contribution >= 0.6 is 23.1 Å². The first-order chi connectivity index (χ1) is 15.2. The number of hydrogen-bond acceptors (Lipinski definition) is 7. The maximum absolute atomic E-state index is 13.3. The average Bonchev–Trinajstić information content (AvgIpc) is 3.39. The number of nitrogens with zero attached hydrogens (tertiary/aromatic N) is 5. The summed E-state index contributed by atoms with van der Waals surface area (Å²) < 4.78 is 41.3. The Hall–Kier alpha value is -3.25. The van der Waals surface area contributed by atoms with E-state index in [1.807, 2.05) is 0 Å². The van der Waals surface area contributed by atoms with Crippen LogP contribution in [-0.4, -0.2) is 37.0 Å². The van der Waals surface area contributed by atoms with Crippen molar-refractivity contribution in [3.05, 3.63) is 70.6 Å². The summed E-state index contributed by atoms with van der Waals surface area (Å²) in [5.41, 5.74) is -0.00624. The van der Waals surface area contributed by atoms with Crippen LogP contribution in [0.5, 0.6) is 0 Å². The maximum Gasteiger partial charge on any atom is 0.416 e. The van der Waals surface area contributed by atoms with Crippen molar-refractivity contribution < 1.29 is 23.1 Å². The lowest BCUT2D eigenvalue weighted by Gasteiger charge is -2.13. The average molecular weight is 480 g/mol. The van der Waals surface area contributed by atoms with Gasteiger partial charge < -0.3 is 5.11 Å². The molecule has 0 unspecified atom stereocenters. The molecule has 0 radical (unpaired) electrons. The SMILES string of the molecule is C=C/N=C\C=C(/C)c1nnc(SCc2nc(C(=O)O)cs2)n1-c1cccc(C(F)(F)F)c1. The highest BCUT2D eigenvalue weighted by Gasteiger charge is 2.31. The summed E-state index contributed by atoms with van der Waals surface area (Å²) in [7, 11) is 0. The lowest BCUT2D eigenvalue weighted by atomic mass is 10.2. The summed E-state index contributed by atoms with van der Waals surface area (Å²) in [6.45, 7) is 5.22. The number of carboxylic acid groups (broad SMARTS) is 1. The Bertz CT molecular complexity index is 1200. The van der Waals surface area contributed by atoms with E-state index in [-0.39, 0.29) is 17.1 Å². The Morgan fingerprint density at radius 2 is 2.16 bits per heavy atom. The minimum Gasteiger partial charge on any atom is -0.476 e. The maximum atomic E-state index is 13.3. The molecule has 3 rings (SSSR count). The van der Waals surface area contributed by atoms with Gasteiger partial charge in [0.2, 0.25) is 0 Å². The third-order valence-corrected chi connectivity index (χ3v) is 6.00. The number of allylic oxidation sites excluding steroid dienone is 2. The monoisotopic (exact) mass is 479 g/mol. The number of carbonyl (C=O) groups is 1. The van der Waals surface area contributed by atoms with Crippen molar-refractivity contribution in [2.75, 3.05) is 0 Å². The Kier molecular flexibility index (Phi) is 7.26. The van der Waals surface area contributed by atoms with Crippen molar-refractivity contribution in [2.45, 2.75) is 24.0 Å². The van der Waals surface area contributed by atoms with Gasteiger partial charge in [-0.3, -0.25) is 9.56 Å². The molecule has 0 saturated heterocycles. The van der Waals surface area contributed by atoms with Crippen molar-refractivity contribution in [3.63, 3.8) is 0 Å². The van der Waals surface area contributed by atoms with Gasteiger partial charge in [-0.2, -0.15) is 13.2 Å². The van der Waals surface area contributed by atoms with Crippen molar-refractivity contribution in [1.82, 2.24) is 19.7 Å². The standard InChI is InChI=1S/C20H16F3N5O2S2/c1-3-24-8-7-12(2)17-26-27-19(32-11-16-25-15(10-31-16)18(29)30)28(17)14-6-4-5-13(9-14)20(21,22)23/h3-10H,1,11H2,2H3,(H,29,30)/b12-7+,24-8-. The number of rotatable bonds is 8. The molecule has 0 aliphatic rings. The largest absolute Gasteiger partial charge is 0.476 e. The number of aliphatic imine (C=N–C) groups is 1. The van der Waals surface area contributed by atoms with E-state index < -0.39 is 17.7 Å². The number of halogens is 3. The van der Waals surface area contributed by atoms with Crippen LogP contribution in [0.25, 0.3) is 11.3 Å². The summed E-state index contributed by atoms with van der Waals surface area (Å²) in [4.78, 5) is 18.9. The van der Waals surface area contributed by atoms with Gasteiger partial charge in [-0.05, 0) is 36.8 Å². The van der Waals surface area contributed by atoms with E-state index >= 15 is 0 Å². The minimum absolute atomic E-state index is 0.0640. The second-order valence-electron chi connectivity index (χ2n) is 6.24. The summed E-state index contributed by atoms with van der Waals surface area (Å²) >= 11 is 2.36. The van der Waals surface area contributed by atoms with Crippen molar-refractivity contribution in [3.8, 4) is 5.69 Å². The zero-order valence-corrected chi connectivity index (χ0v) is 18.2. The second-order valence-corrected chi connectivity index (χ2v) is 8.13. The van der Waals surface area contributed by atoms with Gasteiger partial charge in [0.25, 0.3) is 0 Å². The number of carboxylic acids is 1. The van der Waals surface area contributed by atoms with Gasteiger partial charge in [0, 0.05) is 17.8 Å². The van der Waals surface area contributed by atoms with E-state index in [4.69, 9.17) is 5.11 Å². The van der Waals surface area contributed by atoms with Gasteiger partial charge in [0.1, 0.15) is 5.01 Å². The molecule has 7 nitrogen and oxygen atoms in total. The number of thiazole rings is 1. The van der Waals surface area contributed by atoms with Crippen LogP contribution < -0.4 is 0 Å². The number of aromatic nitrogens is 4. The molecule has 0 bridgehead atoms. The third kappa shape index (κ3) is 5.51. The van der Waals surface area contributed by atoms with Crippen LogP contribution in [-0.2, 0) is 11.9 Å². The predicted molar refractivity (Wildman–Crippen MR) is 117 cm³/mol. The van der Waals surface area contributed by atoms with Crippen LogP contribution in [0.3, 0.4) is 0 Å². The van der Waals surface area contributed by atoms with Crippen LogP contribution in [0.1, 0.15) is 33.8 Å². The Labute approximate surface area is 189 Å². The number of alkyl halides is 3. The molecule has 0 fully saturated rings. The first-order valence-electron chi connectivity index (χ1n) is 8.95. The molecule has 12 heteroatoms. The molecule has 0 amide bonds. The molecule has 2 aromatic heterocycles. The van der Waals surface area contributed by atoms with E-state index in [1.54, 1.807) is 13.0 Å². The zero-order chi connectivity index (χ0) is 23.3. The zero-order valence-electron chi connectivity index (χ0n) is 16.6. The van der Waals surface area contributed by atoms with Gasteiger partial charge in [-0.25, -0.2) is 9.78 Å². The first kappa shape index (κ1) is 23.4. The predicted octanol–water partition coefficient (Wildman–Crippen LogP) is 5.35. The molecule has 166 valence electrons. The van der Waals surface area contributed by atoms with Gasteiger partial charge >= 0.3 is 12.1 Å². The second kappa shape index (κ2) is 9.92. The smallest absolute Gasteiger partial charge is 0.416 e. The molecule has 0 aliphatic carbocycles. The molecule has 1 N–H and O–H groups in total. The van der Waals surface area contributed by atoms with E-state index in [0.29, 0.717) is 21.6 Å². The van der Waals surface area contributed by atoms with Crippen LogP contribution in [0.15, 0.2) is 58.6 Å². The van der Waals surface area contributed by atoms with Gasteiger partial charge in [0.15, 0.2) is 16.7 Å². The topological polar surface area (TPSA) is 93.3 Å². The molecule has 3 aromatic rings. The minimum atomic E-state index is -4.51. The normalized spacial score (nSPS) is 12.4. The number of hydrogen-bond donors (Lipinski definition) is 1. The molecule has 32 heavy (non-hydrogen) atoms. The Morgan fingerprint density at radius 1 is 1.38 bits per heavy atom. The number of thioether (sulfide) groups is 1. The molecule has 0 atom stereocenters. The molecule has 2 heterocycles.